The smallest absolute Gasteiger partial charge is 0.319 e. The maximum atomic E-state index is 12.0. The molecule has 0 saturated carbocycles. The van der Waals surface area contributed by atoms with Crippen LogP contribution in [-0.2, 0) is 0 Å². The summed E-state index contributed by atoms with van der Waals surface area (Å²) in [4.78, 5) is 12.0. The lowest BCUT2D eigenvalue weighted by molar-refractivity contribution is 0.171. The third-order valence-corrected chi connectivity index (χ3v) is 3.12. The molecule has 110 valence electrons. The molecule has 3 rings (SSSR count). The summed E-state index contributed by atoms with van der Waals surface area (Å²) in [5.41, 5.74) is 0.642. The molecule has 2 heterocycles. The average Bonchev–Trinajstić information content (AvgIpc) is 3.01. The van der Waals surface area contributed by atoms with Crippen molar-refractivity contribution in [1.82, 2.24) is 5.32 Å². The second kappa shape index (κ2) is 5.78. The van der Waals surface area contributed by atoms with Crippen LogP contribution in [0.1, 0.15) is 18.7 Å². The lowest BCUT2D eigenvalue weighted by Gasteiger charge is -2.19. The summed E-state index contributed by atoms with van der Waals surface area (Å²) < 4.78 is 16.1. The molecule has 1 aromatic heterocycles. The number of benzene rings is 1. The van der Waals surface area contributed by atoms with Crippen molar-refractivity contribution >= 4 is 11.7 Å². The van der Waals surface area contributed by atoms with E-state index in [0.717, 1.165) is 0 Å². The molecule has 6 nitrogen and oxygen atoms in total. The molecule has 0 saturated heterocycles. The van der Waals surface area contributed by atoms with E-state index in [1.165, 1.54) is 0 Å². The zero-order valence-corrected chi connectivity index (χ0v) is 11.6. The van der Waals surface area contributed by atoms with Gasteiger partial charge in [-0.15, -0.1) is 0 Å². The first-order valence-electron chi connectivity index (χ1n) is 6.73. The van der Waals surface area contributed by atoms with Crippen molar-refractivity contribution in [2.24, 2.45) is 0 Å². The second-order valence-electron chi connectivity index (χ2n) is 4.69. The Balaban J connectivity index is 1.62. The van der Waals surface area contributed by atoms with Crippen molar-refractivity contribution in [3.63, 3.8) is 0 Å². The molecule has 1 aliphatic heterocycles. The Kier molecular flexibility index (Phi) is 3.68. The van der Waals surface area contributed by atoms with Crippen LogP contribution in [-0.4, -0.2) is 19.2 Å². The number of nitrogens with one attached hydrogen (secondary N) is 2. The van der Waals surface area contributed by atoms with Gasteiger partial charge in [0.05, 0.1) is 12.3 Å². The van der Waals surface area contributed by atoms with Crippen molar-refractivity contribution < 1.29 is 18.7 Å². The molecule has 21 heavy (non-hydrogen) atoms. The molecule has 2 N–H and O–H groups in total. The summed E-state index contributed by atoms with van der Waals surface area (Å²) in [6.07, 6.45) is 1.58. The topological polar surface area (TPSA) is 72.7 Å². The van der Waals surface area contributed by atoms with Crippen LogP contribution in [0.5, 0.6) is 11.5 Å². The van der Waals surface area contributed by atoms with Crippen LogP contribution < -0.4 is 20.1 Å². The summed E-state index contributed by atoms with van der Waals surface area (Å²) in [6.45, 7) is 2.90. The van der Waals surface area contributed by atoms with Crippen LogP contribution in [0.2, 0.25) is 0 Å². The van der Waals surface area contributed by atoms with Crippen molar-refractivity contribution in [1.29, 1.82) is 0 Å². The molecule has 6 heteroatoms. The minimum Gasteiger partial charge on any atom is -0.486 e. The molecule has 2 aromatic rings. The van der Waals surface area contributed by atoms with E-state index >= 15 is 0 Å². The van der Waals surface area contributed by atoms with Gasteiger partial charge in [-0.25, -0.2) is 4.79 Å². The van der Waals surface area contributed by atoms with E-state index in [-0.39, 0.29) is 12.1 Å². The lowest BCUT2D eigenvalue weighted by atomic mass is 10.2. The number of rotatable bonds is 3. The Morgan fingerprint density at radius 1 is 1.19 bits per heavy atom. The third-order valence-electron chi connectivity index (χ3n) is 3.12. The Labute approximate surface area is 122 Å². The summed E-state index contributed by atoms with van der Waals surface area (Å²) in [6, 6.07) is 8.37. The number of amides is 2. The first-order chi connectivity index (χ1) is 10.2. The van der Waals surface area contributed by atoms with Gasteiger partial charge in [0.1, 0.15) is 19.0 Å². The van der Waals surface area contributed by atoms with Gasteiger partial charge in [-0.1, -0.05) is 0 Å². The van der Waals surface area contributed by atoms with Crippen LogP contribution in [0.3, 0.4) is 0 Å². The fourth-order valence-corrected chi connectivity index (χ4v) is 2.09. The molecular weight excluding hydrogens is 272 g/mol. The Morgan fingerprint density at radius 2 is 2.00 bits per heavy atom. The van der Waals surface area contributed by atoms with Crippen molar-refractivity contribution in [2.75, 3.05) is 18.5 Å². The maximum Gasteiger partial charge on any atom is 0.319 e. The molecular formula is C15H16N2O4. The maximum absolute atomic E-state index is 12.0. The number of carbonyl (C=O) groups is 1. The largest absolute Gasteiger partial charge is 0.486 e. The van der Waals surface area contributed by atoms with Gasteiger partial charge in [0.2, 0.25) is 0 Å². The van der Waals surface area contributed by atoms with Crippen LogP contribution >= 0.6 is 0 Å². The van der Waals surface area contributed by atoms with Crippen LogP contribution in [0.4, 0.5) is 10.5 Å². The van der Waals surface area contributed by atoms with E-state index in [2.05, 4.69) is 10.6 Å². The number of ether oxygens (including phenoxy) is 2. The Morgan fingerprint density at radius 3 is 2.76 bits per heavy atom. The zero-order valence-electron chi connectivity index (χ0n) is 11.6. The molecule has 0 radical (unpaired) electrons. The predicted molar refractivity (Wildman–Crippen MR) is 76.7 cm³/mol. The summed E-state index contributed by atoms with van der Waals surface area (Å²) in [5, 5.41) is 5.55. The fourth-order valence-electron chi connectivity index (χ4n) is 2.09. The quantitative estimate of drug-likeness (QED) is 0.910. The van der Waals surface area contributed by atoms with Gasteiger partial charge in [-0.05, 0) is 31.2 Å². The predicted octanol–water partition coefficient (Wildman–Crippen LogP) is 2.93. The highest BCUT2D eigenvalue weighted by Crippen LogP contribution is 2.32. The molecule has 0 bridgehead atoms. The van der Waals surface area contributed by atoms with Gasteiger partial charge in [0.15, 0.2) is 11.5 Å². The van der Waals surface area contributed by atoms with E-state index in [9.17, 15) is 4.79 Å². The molecule has 0 aliphatic carbocycles. The van der Waals surface area contributed by atoms with E-state index in [0.29, 0.717) is 36.2 Å². The summed E-state index contributed by atoms with van der Waals surface area (Å²) in [5.74, 6) is 2.03. The van der Waals surface area contributed by atoms with Gasteiger partial charge in [-0.3, -0.25) is 0 Å². The molecule has 0 unspecified atom stereocenters. The van der Waals surface area contributed by atoms with Gasteiger partial charge >= 0.3 is 6.03 Å². The highest BCUT2D eigenvalue weighted by atomic mass is 16.6. The first-order valence-corrected chi connectivity index (χ1v) is 6.73. The summed E-state index contributed by atoms with van der Waals surface area (Å²) >= 11 is 0. The second-order valence-corrected chi connectivity index (χ2v) is 4.69. The fraction of sp³-hybridized carbons (Fsp3) is 0.267. The van der Waals surface area contributed by atoms with E-state index in [1.807, 2.05) is 13.0 Å². The standard InChI is InChI=1S/C15H16N2O4/c1-10(12-3-2-6-19-12)16-15(18)17-11-4-5-13-14(9-11)21-8-7-20-13/h2-6,9-10H,7-8H2,1H3,(H2,16,17,18)/t10-/m1/s1. The van der Waals surface area contributed by atoms with E-state index in [1.54, 1.807) is 30.5 Å². The van der Waals surface area contributed by atoms with Crippen LogP contribution in [0.25, 0.3) is 0 Å². The number of urea groups is 1. The van der Waals surface area contributed by atoms with Crippen LogP contribution in [0, 0.1) is 0 Å². The summed E-state index contributed by atoms with van der Waals surface area (Å²) in [7, 11) is 0. The number of hydrogen-bond acceptors (Lipinski definition) is 4. The number of furan rings is 1. The number of carbonyl (C=O) groups excluding carboxylic acids is 1. The Hall–Kier alpha value is -2.63. The third kappa shape index (κ3) is 3.10. The zero-order chi connectivity index (χ0) is 14.7. The lowest BCUT2D eigenvalue weighted by Crippen LogP contribution is -2.31. The molecule has 2 amide bonds. The number of anilines is 1. The molecule has 0 spiro atoms. The van der Waals surface area contributed by atoms with Crippen molar-refractivity contribution in [3.8, 4) is 11.5 Å². The van der Waals surface area contributed by atoms with E-state index in [4.69, 9.17) is 13.9 Å². The molecule has 0 fully saturated rings. The average molecular weight is 288 g/mol. The van der Waals surface area contributed by atoms with Gasteiger partial charge < -0.3 is 24.5 Å². The monoisotopic (exact) mass is 288 g/mol. The molecule has 1 aliphatic rings. The van der Waals surface area contributed by atoms with Crippen molar-refractivity contribution in [3.05, 3.63) is 42.4 Å². The normalized spacial score (nSPS) is 14.3. The van der Waals surface area contributed by atoms with Crippen molar-refractivity contribution in [2.45, 2.75) is 13.0 Å². The van der Waals surface area contributed by atoms with Gasteiger partial charge in [0, 0.05) is 11.8 Å². The first kappa shape index (κ1) is 13.4. The SMILES string of the molecule is C[C@@H](NC(=O)Nc1ccc2c(c1)OCCO2)c1ccco1. The highest BCUT2D eigenvalue weighted by Gasteiger charge is 2.14. The molecule has 1 aromatic carbocycles. The van der Waals surface area contributed by atoms with Crippen LogP contribution in [0.15, 0.2) is 41.0 Å². The minimum absolute atomic E-state index is 0.211. The Bertz CT molecular complexity index is 625. The number of fused-ring (bicyclic) bond motifs is 1. The van der Waals surface area contributed by atoms with E-state index < -0.39 is 0 Å². The van der Waals surface area contributed by atoms with Gasteiger partial charge in [-0.2, -0.15) is 0 Å². The highest BCUT2D eigenvalue weighted by molar-refractivity contribution is 5.89. The number of hydrogen-bond donors (Lipinski definition) is 2. The molecule has 1 atom stereocenters. The van der Waals surface area contributed by atoms with Gasteiger partial charge in [0.25, 0.3) is 0 Å². The minimum atomic E-state index is -0.310.